The average Bonchev–Trinajstić information content (AvgIpc) is 3.05. The fourth-order valence-corrected chi connectivity index (χ4v) is 4.63. The smallest absolute Gasteiger partial charge is 0.337 e. The molecular formula is C32H38N4O10. The van der Waals surface area contributed by atoms with Gasteiger partial charge in [0.1, 0.15) is 49.2 Å². The number of carbonyl (C=O) groups excluding carboxylic acids is 2. The first-order valence-corrected chi connectivity index (χ1v) is 14.5. The number of dihydropyridines is 1. The van der Waals surface area contributed by atoms with Gasteiger partial charge in [-0.1, -0.05) is 26.0 Å². The summed E-state index contributed by atoms with van der Waals surface area (Å²) < 4.78 is 27.1. The van der Waals surface area contributed by atoms with Crippen molar-refractivity contribution in [1.29, 1.82) is 5.26 Å². The molecule has 0 spiro atoms. The number of hydrogen-bond acceptors (Lipinski definition) is 13. The van der Waals surface area contributed by atoms with Crippen LogP contribution in [0.2, 0.25) is 0 Å². The Hall–Kier alpha value is -4.97. The summed E-state index contributed by atoms with van der Waals surface area (Å²) in [7, 11) is 1.13. The second-order valence-corrected chi connectivity index (χ2v) is 10.6. The number of aliphatic hydroxyl groups excluding tert-OH is 1. The van der Waals surface area contributed by atoms with E-state index < -0.39 is 28.9 Å². The first-order chi connectivity index (χ1) is 22.0. The summed E-state index contributed by atoms with van der Waals surface area (Å²) in [5, 5.41) is 34.0. The zero-order valence-corrected chi connectivity index (χ0v) is 26.1. The minimum Gasteiger partial charge on any atom is -0.491 e. The maximum atomic E-state index is 13.3. The predicted octanol–water partition coefficient (Wildman–Crippen LogP) is 2.87. The SMILES string of the molecule is COC(=O)C1=C(C#N)NC(C)=C(C(=O)OCCOCCOc2ccc(OCC(O)C(N)C(C)C)cc2)C1c1cccc([N+](=O)[O-])c1. The number of nitrogens with two attached hydrogens (primary N) is 1. The summed E-state index contributed by atoms with van der Waals surface area (Å²) in [6, 6.07) is 13.8. The van der Waals surface area contributed by atoms with Crippen LogP contribution in [0.3, 0.4) is 0 Å². The van der Waals surface area contributed by atoms with Gasteiger partial charge in [0.05, 0.1) is 42.3 Å². The Bertz CT molecular complexity index is 1500. The summed E-state index contributed by atoms with van der Waals surface area (Å²) in [5.74, 6) is -1.59. The zero-order chi connectivity index (χ0) is 33.8. The molecular weight excluding hydrogens is 600 g/mol. The van der Waals surface area contributed by atoms with E-state index in [4.69, 9.17) is 29.4 Å². The standard InChI is InChI=1S/C32H38N4O10/c1-19(2)30(34)26(37)18-46-24-10-8-23(9-11-24)44-14-12-43-13-15-45-32(39)27-20(3)35-25(17-33)29(31(38)42-4)28(27)21-6-5-7-22(16-21)36(40)41/h5-11,16,19,26,28,30,35,37H,12-15,18,34H2,1-4H3. The van der Waals surface area contributed by atoms with Crippen LogP contribution in [-0.4, -0.2) is 74.3 Å². The van der Waals surface area contributed by atoms with Crippen LogP contribution in [0.5, 0.6) is 11.5 Å². The molecule has 0 saturated heterocycles. The Labute approximate surface area is 266 Å². The molecule has 3 atom stereocenters. The Kier molecular flexibility index (Phi) is 13.1. The molecule has 2 aromatic carbocycles. The van der Waals surface area contributed by atoms with E-state index >= 15 is 0 Å². The predicted molar refractivity (Wildman–Crippen MR) is 164 cm³/mol. The van der Waals surface area contributed by atoms with Crippen LogP contribution in [0, 0.1) is 27.4 Å². The van der Waals surface area contributed by atoms with Crippen LogP contribution in [0.15, 0.2) is 71.1 Å². The van der Waals surface area contributed by atoms with Crippen LogP contribution in [0.1, 0.15) is 32.3 Å². The van der Waals surface area contributed by atoms with Crippen molar-refractivity contribution in [1.82, 2.24) is 5.32 Å². The number of nitriles is 1. The fraction of sp³-hybridized carbons (Fsp3) is 0.406. The van der Waals surface area contributed by atoms with E-state index in [1.54, 1.807) is 24.3 Å². The quantitative estimate of drug-likeness (QED) is 0.105. The van der Waals surface area contributed by atoms with Gasteiger partial charge in [0.2, 0.25) is 0 Å². The van der Waals surface area contributed by atoms with Crippen molar-refractivity contribution in [3.8, 4) is 17.6 Å². The van der Waals surface area contributed by atoms with Crippen molar-refractivity contribution < 1.29 is 43.3 Å². The van der Waals surface area contributed by atoms with E-state index in [9.17, 15) is 30.1 Å². The highest BCUT2D eigenvalue weighted by atomic mass is 16.6. The second-order valence-electron chi connectivity index (χ2n) is 10.6. The molecule has 14 heteroatoms. The van der Waals surface area contributed by atoms with Gasteiger partial charge >= 0.3 is 11.9 Å². The number of esters is 2. The molecule has 246 valence electrons. The monoisotopic (exact) mass is 638 g/mol. The number of carbonyl (C=O) groups is 2. The maximum Gasteiger partial charge on any atom is 0.337 e. The summed E-state index contributed by atoms with van der Waals surface area (Å²) in [6.07, 6.45) is -0.785. The average molecular weight is 639 g/mol. The lowest BCUT2D eigenvalue weighted by Crippen LogP contribution is -2.42. The topological polar surface area (TPSA) is 206 Å². The molecule has 3 unspecified atom stereocenters. The highest BCUT2D eigenvalue weighted by molar-refractivity contribution is 6.00. The van der Waals surface area contributed by atoms with Gasteiger partial charge in [-0.25, -0.2) is 9.59 Å². The van der Waals surface area contributed by atoms with Gasteiger partial charge in [0, 0.05) is 23.9 Å². The van der Waals surface area contributed by atoms with Gasteiger partial charge in [-0.05, 0) is 42.7 Å². The van der Waals surface area contributed by atoms with E-state index in [2.05, 4.69) is 5.32 Å². The first-order valence-electron chi connectivity index (χ1n) is 14.5. The molecule has 0 bridgehead atoms. The number of nitro benzene ring substituents is 1. The highest BCUT2D eigenvalue weighted by Crippen LogP contribution is 2.40. The molecule has 0 radical (unpaired) electrons. The van der Waals surface area contributed by atoms with Crippen LogP contribution in [0.25, 0.3) is 0 Å². The van der Waals surface area contributed by atoms with E-state index in [-0.39, 0.29) is 78.8 Å². The Morgan fingerprint density at radius 2 is 1.70 bits per heavy atom. The molecule has 1 heterocycles. The number of ether oxygens (including phenoxy) is 5. The summed E-state index contributed by atoms with van der Waals surface area (Å²) in [4.78, 5) is 36.9. The number of aliphatic hydroxyl groups is 1. The maximum absolute atomic E-state index is 13.3. The molecule has 1 aliphatic rings. The number of rotatable bonds is 16. The van der Waals surface area contributed by atoms with Crippen LogP contribution in [0.4, 0.5) is 5.69 Å². The number of nitrogens with zero attached hydrogens (tertiary/aromatic N) is 2. The number of allylic oxidation sites excluding steroid dienone is 2. The largest absolute Gasteiger partial charge is 0.491 e. The highest BCUT2D eigenvalue weighted by Gasteiger charge is 2.39. The third-order valence-corrected chi connectivity index (χ3v) is 7.13. The number of methoxy groups -OCH3 is 1. The Morgan fingerprint density at radius 1 is 1.04 bits per heavy atom. The molecule has 1 aliphatic heterocycles. The van der Waals surface area contributed by atoms with Gasteiger partial charge in [0.15, 0.2) is 0 Å². The lowest BCUT2D eigenvalue weighted by Gasteiger charge is -2.29. The minimum absolute atomic E-state index is 0.00654. The van der Waals surface area contributed by atoms with Gasteiger partial charge in [-0.3, -0.25) is 10.1 Å². The zero-order valence-electron chi connectivity index (χ0n) is 26.1. The van der Waals surface area contributed by atoms with Crippen molar-refractivity contribution in [3.05, 3.63) is 86.7 Å². The van der Waals surface area contributed by atoms with Crippen molar-refractivity contribution in [2.45, 2.75) is 38.8 Å². The van der Waals surface area contributed by atoms with Gasteiger partial charge < -0.3 is 39.8 Å². The molecule has 46 heavy (non-hydrogen) atoms. The van der Waals surface area contributed by atoms with Gasteiger partial charge in [-0.2, -0.15) is 5.26 Å². The molecule has 2 aromatic rings. The molecule has 4 N–H and O–H groups in total. The first kappa shape index (κ1) is 35.5. The number of nitrogens with one attached hydrogen (secondary N) is 1. The lowest BCUT2D eigenvalue weighted by atomic mass is 9.80. The molecule has 0 saturated carbocycles. The summed E-state index contributed by atoms with van der Waals surface area (Å²) in [5.41, 5.74) is 5.82. The van der Waals surface area contributed by atoms with E-state index in [0.717, 1.165) is 7.11 Å². The number of nitro groups is 1. The van der Waals surface area contributed by atoms with Crippen LogP contribution >= 0.6 is 0 Å². The van der Waals surface area contributed by atoms with Gasteiger partial charge in [0.25, 0.3) is 5.69 Å². The summed E-state index contributed by atoms with van der Waals surface area (Å²) >= 11 is 0. The van der Waals surface area contributed by atoms with Crippen LogP contribution < -0.4 is 20.5 Å². The molecule has 0 fully saturated rings. The van der Waals surface area contributed by atoms with Crippen molar-refractivity contribution in [2.24, 2.45) is 11.7 Å². The van der Waals surface area contributed by atoms with Crippen LogP contribution in [-0.2, 0) is 23.8 Å². The number of non-ortho nitro benzene ring substituents is 1. The molecule has 3 rings (SSSR count). The number of hydrogen-bond donors (Lipinski definition) is 3. The van der Waals surface area contributed by atoms with E-state index in [0.29, 0.717) is 11.5 Å². The van der Waals surface area contributed by atoms with E-state index in [1.807, 2.05) is 19.9 Å². The molecule has 0 aliphatic carbocycles. The van der Waals surface area contributed by atoms with E-state index in [1.165, 1.54) is 31.2 Å². The second kappa shape index (κ2) is 16.9. The fourth-order valence-electron chi connectivity index (χ4n) is 4.63. The van der Waals surface area contributed by atoms with Gasteiger partial charge in [-0.15, -0.1) is 0 Å². The van der Waals surface area contributed by atoms with Crippen molar-refractivity contribution in [2.75, 3.05) is 40.1 Å². The normalized spacial score (nSPS) is 15.8. The lowest BCUT2D eigenvalue weighted by molar-refractivity contribution is -0.384. The molecule has 0 amide bonds. The summed E-state index contributed by atoms with van der Waals surface area (Å²) in [6.45, 7) is 5.76. The Morgan fingerprint density at radius 3 is 2.30 bits per heavy atom. The third-order valence-electron chi connectivity index (χ3n) is 7.13. The Balaban J connectivity index is 1.54. The third kappa shape index (κ3) is 9.27. The number of benzene rings is 2. The minimum atomic E-state index is -1.16. The van der Waals surface area contributed by atoms with Crippen molar-refractivity contribution in [3.63, 3.8) is 0 Å². The van der Waals surface area contributed by atoms with Crippen molar-refractivity contribution >= 4 is 17.6 Å². The molecule has 0 aromatic heterocycles. The molecule has 14 nitrogen and oxygen atoms in total.